The van der Waals surface area contributed by atoms with E-state index in [-0.39, 0.29) is 29.8 Å². The normalized spacial score (nSPS) is 20.3. The zero-order valence-corrected chi connectivity index (χ0v) is 22.9. The molecular weight excluding hydrogens is 460 g/mol. The Morgan fingerprint density at radius 3 is 2.60 bits per heavy atom. The number of hydrogen-bond donors (Lipinski definition) is 3. The monoisotopic (exact) mass is 506 g/mol. The number of unbranched alkanes of at least 4 members (excludes halogenated alkanes) is 1. The van der Waals surface area contributed by atoms with Gasteiger partial charge in [-0.1, -0.05) is 51.0 Å². The Bertz CT molecular complexity index is 762. The Balaban J connectivity index is 0.000000371. The van der Waals surface area contributed by atoms with Crippen LogP contribution in [0.15, 0.2) is 24.3 Å². The maximum atomic E-state index is 12.7. The van der Waals surface area contributed by atoms with Crippen LogP contribution >= 0.6 is 11.8 Å². The van der Waals surface area contributed by atoms with Crippen LogP contribution in [0.1, 0.15) is 64.0 Å². The zero-order valence-electron chi connectivity index (χ0n) is 22.1. The molecule has 0 spiro atoms. The molecule has 1 aromatic rings. The van der Waals surface area contributed by atoms with Gasteiger partial charge < -0.3 is 26.1 Å². The molecule has 0 aromatic heterocycles. The summed E-state index contributed by atoms with van der Waals surface area (Å²) in [5.74, 6) is 2.56. The first kappa shape index (κ1) is 31.1. The molecule has 0 aliphatic carbocycles. The van der Waals surface area contributed by atoms with Gasteiger partial charge in [0.15, 0.2) is 0 Å². The van der Waals surface area contributed by atoms with E-state index in [1.165, 1.54) is 24.5 Å². The topological polar surface area (TPSA) is 105 Å². The number of aldehydes is 1. The summed E-state index contributed by atoms with van der Waals surface area (Å²) in [5.41, 5.74) is 8.67. The summed E-state index contributed by atoms with van der Waals surface area (Å²) < 4.78 is 0. The number of carbonyl (C=O) groups is 3. The van der Waals surface area contributed by atoms with Crippen LogP contribution in [-0.4, -0.2) is 66.7 Å². The first-order valence-corrected chi connectivity index (χ1v) is 14.1. The molecule has 0 unspecified atom stereocenters. The van der Waals surface area contributed by atoms with E-state index < -0.39 is 0 Å². The summed E-state index contributed by atoms with van der Waals surface area (Å²) in [6, 6.07) is 8.49. The summed E-state index contributed by atoms with van der Waals surface area (Å²) >= 11 is 1.83. The van der Waals surface area contributed by atoms with Crippen molar-refractivity contribution in [2.24, 2.45) is 11.7 Å². The van der Waals surface area contributed by atoms with Gasteiger partial charge in [0.2, 0.25) is 11.8 Å². The first-order valence-electron chi connectivity index (χ1n) is 12.9. The number of carbonyl (C=O) groups excluding carboxylic acids is 3. The van der Waals surface area contributed by atoms with E-state index in [2.05, 4.69) is 48.7 Å². The third-order valence-corrected chi connectivity index (χ3v) is 7.39. The van der Waals surface area contributed by atoms with E-state index >= 15 is 0 Å². The maximum absolute atomic E-state index is 12.7. The number of amides is 2. The second kappa shape index (κ2) is 18.4. The van der Waals surface area contributed by atoms with Crippen molar-refractivity contribution in [2.45, 2.75) is 77.9 Å². The van der Waals surface area contributed by atoms with Crippen LogP contribution < -0.4 is 16.4 Å². The Morgan fingerprint density at radius 2 is 1.97 bits per heavy atom. The minimum atomic E-state index is -0.0911. The van der Waals surface area contributed by atoms with Crippen LogP contribution in [0.4, 0.5) is 0 Å². The number of nitrogens with one attached hydrogen (secondary N) is 2. The van der Waals surface area contributed by atoms with E-state index in [4.69, 9.17) is 10.5 Å². The number of nitrogens with two attached hydrogens (primary N) is 1. The lowest BCUT2D eigenvalue weighted by atomic mass is 9.99. The van der Waals surface area contributed by atoms with Crippen molar-refractivity contribution in [3.63, 3.8) is 0 Å². The molecule has 1 saturated heterocycles. The Hall–Kier alpha value is -1.90. The molecule has 7 nitrogen and oxygen atoms in total. The minimum Gasteiger partial charge on any atom is -0.359 e. The van der Waals surface area contributed by atoms with Crippen molar-refractivity contribution in [3.8, 4) is 0 Å². The third-order valence-electron chi connectivity index (χ3n) is 6.30. The molecule has 0 bridgehead atoms. The quantitative estimate of drug-likeness (QED) is 0.512. The number of hydrogen-bond acceptors (Lipinski definition) is 6. The highest BCUT2D eigenvalue weighted by molar-refractivity contribution is 7.99. The molecule has 0 radical (unpaired) electrons. The molecule has 35 heavy (non-hydrogen) atoms. The predicted molar refractivity (Wildman–Crippen MR) is 146 cm³/mol. The minimum absolute atomic E-state index is 0.0911. The van der Waals surface area contributed by atoms with Gasteiger partial charge in [-0.05, 0) is 49.5 Å². The standard InChI is InChI=1S/C16H23N3OS.C9H19NO.C2H4O/c17-14-6-8-21-11-15(18-9-14)16(20)19-7-5-12-3-1-2-4-13(12)10-19;1-4-6-7-8(5-2)9(11)10-3;1-2-3/h1-4,14-15,18H,5-11,17H2;8H,4-7H2,1-3H3,(H,10,11);2H,1H3/t14-,15-;8-;/m00./s1. The predicted octanol–water partition coefficient (Wildman–Crippen LogP) is 3.15. The molecule has 2 aliphatic heterocycles. The van der Waals surface area contributed by atoms with Crippen molar-refractivity contribution >= 4 is 29.9 Å². The lowest BCUT2D eigenvalue weighted by Gasteiger charge is -2.33. The molecule has 198 valence electrons. The van der Waals surface area contributed by atoms with Gasteiger partial charge in [-0.3, -0.25) is 9.59 Å². The molecule has 4 N–H and O–H groups in total. The molecule has 3 rings (SSSR count). The molecule has 1 fully saturated rings. The molecular formula is C27H46N4O3S. The third kappa shape index (κ3) is 11.6. The number of fused-ring (bicyclic) bond motifs is 1. The lowest BCUT2D eigenvalue weighted by molar-refractivity contribution is -0.133. The number of benzene rings is 1. The number of thioether (sulfide) groups is 1. The highest BCUT2D eigenvalue weighted by Gasteiger charge is 2.28. The summed E-state index contributed by atoms with van der Waals surface area (Å²) in [6.07, 6.45) is 7.06. The van der Waals surface area contributed by atoms with E-state index in [1.807, 2.05) is 16.7 Å². The zero-order chi connectivity index (χ0) is 26.1. The molecule has 3 atom stereocenters. The molecule has 2 amide bonds. The fraction of sp³-hybridized carbons (Fsp3) is 0.667. The highest BCUT2D eigenvalue weighted by atomic mass is 32.2. The van der Waals surface area contributed by atoms with Crippen molar-refractivity contribution < 1.29 is 14.4 Å². The van der Waals surface area contributed by atoms with E-state index in [0.717, 1.165) is 69.5 Å². The van der Waals surface area contributed by atoms with Gasteiger partial charge in [0.1, 0.15) is 6.29 Å². The average Bonchev–Trinajstić information content (AvgIpc) is 2.87. The molecule has 1 aromatic carbocycles. The molecule has 2 aliphatic rings. The fourth-order valence-electron chi connectivity index (χ4n) is 4.13. The number of rotatable bonds is 6. The molecule has 8 heteroatoms. The summed E-state index contributed by atoms with van der Waals surface area (Å²) in [4.78, 5) is 34.7. The lowest BCUT2D eigenvalue weighted by Crippen LogP contribution is -2.52. The first-order chi connectivity index (χ1) is 16.9. The largest absolute Gasteiger partial charge is 0.359 e. The number of nitrogens with zero attached hydrogens (tertiary/aromatic N) is 1. The van der Waals surface area contributed by atoms with Crippen LogP contribution in [0.25, 0.3) is 0 Å². The average molecular weight is 507 g/mol. The Kier molecular flexibility index (Phi) is 16.3. The van der Waals surface area contributed by atoms with Crippen LogP contribution in [0.5, 0.6) is 0 Å². The van der Waals surface area contributed by atoms with Crippen LogP contribution in [-0.2, 0) is 27.3 Å². The second-order valence-corrected chi connectivity index (χ2v) is 10.1. The smallest absolute Gasteiger partial charge is 0.240 e. The van der Waals surface area contributed by atoms with Gasteiger partial charge >= 0.3 is 0 Å². The Morgan fingerprint density at radius 1 is 1.29 bits per heavy atom. The van der Waals surface area contributed by atoms with Gasteiger partial charge in [0.25, 0.3) is 0 Å². The van der Waals surface area contributed by atoms with Crippen LogP contribution in [0.3, 0.4) is 0 Å². The van der Waals surface area contributed by atoms with E-state index in [1.54, 1.807) is 7.05 Å². The van der Waals surface area contributed by atoms with Gasteiger partial charge in [-0.15, -0.1) is 0 Å². The summed E-state index contributed by atoms with van der Waals surface area (Å²) in [5, 5.41) is 6.04. The molecule has 2 heterocycles. The van der Waals surface area contributed by atoms with Crippen molar-refractivity contribution in [1.82, 2.24) is 15.5 Å². The van der Waals surface area contributed by atoms with Gasteiger partial charge in [-0.25, -0.2) is 0 Å². The van der Waals surface area contributed by atoms with Crippen molar-refractivity contribution in [3.05, 3.63) is 35.4 Å². The van der Waals surface area contributed by atoms with Gasteiger partial charge in [-0.2, -0.15) is 11.8 Å². The van der Waals surface area contributed by atoms with Gasteiger partial charge in [0, 0.05) is 44.4 Å². The van der Waals surface area contributed by atoms with Crippen molar-refractivity contribution in [1.29, 1.82) is 0 Å². The Labute approximate surface area is 216 Å². The van der Waals surface area contributed by atoms with Gasteiger partial charge in [0.05, 0.1) is 6.04 Å². The maximum Gasteiger partial charge on any atom is 0.240 e. The fourth-order valence-corrected chi connectivity index (χ4v) is 5.26. The second-order valence-electron chi connectivity index (χ2n) is 8.96. The van der Waals surface area contributed by atoms with Crippen LogP contribution in [0.2, 0.25) is 0 Å². The molecule has 0 saturated carbocycles. The SMILES string of the molecule is CC=O.CCCC[C@H](CC)C(=O)NC.N[C@H]1CCSC[C@@H](C(=O)N2CCc3ccccc3C2)NC1. The van der Waals surface area contributed by atoms with Crippen LogP contribution in [0, 0.1) is 5.92 Å². The van der Waals surface area contributed by atoms with E-state index in [0.29, 0.717) is 0 Å². The summed E-state index contributed by atoms with van der Waals surface area (Å²) in [6.45, 7) is 7.96. The van der Waals surface area contributed by atoms with E-state index in [9.17, 15) is 9.59 Å². The van der Waals surface area contributed by atoms with Crippen molar-refractivity contribution in [2.75, 3.05) is 31.6 Å². The highest BCUT2D eigenvalue weighted by Crippen LogP contribution is 2.20. The summed E-state index contributed by atoms with van der Waals surface area (Å²) in [7, 11) is 1.71.